The lowest BCUT2D eigenvalue weighted by atomic mass is 9.82. The molecule has 0 heterocycles. The Labute approximate surface area is 114 Å². The summed E-state index contributed by atoms with van der Waals surface area (Å²) in [6.07, 6.45) is 4.82. The number of para-hydroxylation sites is 1. The summed E-state index contributed by atoms with van der Waals surface area (Å²) in [5.74, 6) is 0.746. The Balaban J connectivity index is 1.96. The van der Waals surface area contributed by atoms with E-state index in [0.717, 1.165) is 37.0 Å². The number of ether oxygens (including phenoxy) is 1. The first kappa shape index (κ1) is 13.9. The van der Waals surface area contributed by atoms with Gasteiger partial charge in [0.2, 0.25) is 5.91 Å². The highest BCUT2D eigenvalue weighted by Gasteiger charge is 2.34. The number of carbonyl (C=O) groups excluding carboxylic acids is 1. The molecule has 4 heteroatoms. The Bertz CT molecular complexity index is 440. The molecule has 2 rings (SSSR count). The average Bonchev–Trinajstić information content (AvgIpc) is 2.45. The van der Waals surface area contributed by atoms with Crippen LogP contribution in [-0.4, -0.2) is 18.6 Å². The molecule has 0 atom stereocenters. The van der Waals surface area contributed by atoms with Crippen molar-refractivity contribution >= 4 is 5.91 Å². The van der Waals surface area contributed by atoms with E-state index in [2.05, 4.69) is 5.32 Å². The summed E-state index contributed by atoms with van der Waals surface area (Å²) < 4.78 is 5.27. The molecular formula is C15H22N2O2. The number of amides is 1. The SMILES string of the molecule is COc1ccccc1CNC(=O)C1(N)CCCCC1. The summed E-state index contributed by atoms with van der Waals surface area (Å²) in [4.78, 5) is 12.2. The van der Waals surface area contributed by atoms with Gasteiger partial charge in [-0.05, 0) is 18.9 Å². The fourth-order valence-corrected chi connectivity index (χ4v) is 2.61. The average molecular weight is 262 g/mol. The predicted octanol–water partition coefficient (Wildman–Crippen LogP) is 1.97. The van der Waals surface area contributed by atoms with Crippen molar-refractivity contribution in [2.24, 2.45) is 5.73 Å². The number of nitrogens with one attached hydrogen (secondary N) is 1. The molecule has 0 bridgehead atoms. The summed E-state index contributed by atoms with van der Waals surface area (Å²) >= 11 is 0. The van der Waals surface area contributed by atoms with E-state index in [1.807, 2.05) is 24.3 Å². The maximum absolute atomic E-state index is 12.2. The van der Waals surface area contributed by atoms with E-state index in [0.29, 0.717) is 6.54 Å². The summed E-state index contributed by atoms with van der Waals surface area (Å²) in [5.41, 5.74) is 6.48. The Kier molecular flexibility index (Phi) is 4.43. The van der Waals surface area contributed by atoms with Gasteiger partial charge in [-0.1, -0.05) is 37.5 Å². The molecule has 4 nitrogen and oxygen atoms in total. The molecule has 1 aliphatic carbocycles. The maximum Gasteiger partial charge on any atom is 0.240 e. The van der Waals surface area contributed by atoms with Gasteiger partial charge in [0.15, 0.2) is 0 Å². The molecule has 0 spiro atoms. The lowest BCUT2D eigenvalue weighted by molar-refractivity contribution is -0.127. The smallest absolute Gasteiger partial charge is 0.240 e. The number of nitrogens with two attached hydrogens (primary N) is 1. The maximum atomic E-state index is 12.2. The summed E-state index contributed by atoms with van der Waals surface area (Å²) in [7, 11) is 1.63. The number of carbonyl (C=O) groups is 1. The molecule has 0 aliphatic heterocycles. The van der Waals surface area contributed by atoms with Gasteiger partial charge >= 0.3 is 0 Å². The van der Waals surface area contributed by atoms with Crippen LogP contribution in [0, 0.1) is 0 Å². The zero-order valence-corrected chi connectivity index (χ0v) is 11.4. The van der Waals surface area contributed by atoms with Gasteiger partial charge in [0, 0.05) is 12.1 Å². The van der Waals surface area contributed by atoms with Crippen LogP contribution in [-0.2, 0) is 11.3 Å². The molecule has 0 radical (unpaired) electrons. The Hall–Kier alpha value is -1.55. The summed E-state index contributed by atoms with van der Waals surface area (Å²) in [6, 6.07) is 7.68. The number of rotatable bonds is 4. The molecular weight excluding hydrogens is 240 g/mol. The van der Waals surface area contributed by atoms with Gasteiger partial charge in [-0.2, -0.15) is 0 Å². The number of benzene rings is 1. The minimum absolute atomic E-state index is 0.0434. The van der Waals surface area contributed by atoms with Crippen LogP contribution in [0.25, 0.3) is 0 Å². The van der Waals surface area contributed by atoms with Crippen molar-refractivity contribution in [1.82, 2.24) is 5.32 Å². The largest absolute Gasteiger partial charge is 0.496 e. The Morgan fingerprint density at radius 3 is 2.68 bits per heavy atom. The zero-order chi connectivity index (χ0) is 13.7. The monoisotopic (exact) mass is 262 g/mol. The molecule has 1 aromatic carbocycles. The molecule has 104 valence electrons. The van der Waals surface area contributed by atoms with Crippen molar-refractivity contribution in [1.29, 1.82) is 0 Å². The highest BCUT2D eigenvalue weighted by molar-refractivity contribution is 5.86. The van der Waals surface area contributed by atoms with Gasteiger partial charge in [0.25, 0.3) is 0 Å². The normalized spacial score (nSPS) is 17.8. The van der Waals surface area contributed by atoms with Crippen molar-refractivity contribution in [3.8, 4) is 5.75 Å². The van der Waals surface area contributed by atoms with Gasteiger partial charge in [-0.25, -0.2) is 0 Å². The second kappa shape index (κ2) is 6.06. The molecule has 1 saturated carbocycles. The van der Waals surface area contributed by atoms with Crippen LogP contribution in [0.15, 0.2) is 24.3 Å². The fraction of sp³-hybridized carbons (Fsp3) is 0.533. The van der Waals surface area contributed by atoms with Gasteiger partial charge in [-0.3, -0.25) is 4.79 Å². The summed E-state index contributed by atoms with van der Waals surface area (Å²) in [5, 5.41) is 2.94. The Morgan fingerprint density at radius 2 is 2.00 bits per heavy atom. The molecule has 19 heavy (non-hydrogen) atoms. The van der Waals surface area contributed by atoms with E-state index < -0.39 is 5.54 Å². The van der Waals surface area contributed by atoms with Gasteiger partial charge < -0.3 is 15.8 Å². The summed E-state index contributed by atoms with van der Waals surface area (Å²) in [6.45, 7) is 0.460. The Morgan fingerprint density at radius 1 is 1.32 bits per heavy atom. The van der Waals surface area contributed by atoms with E-state index in [9.17, 15) is 4.79 Å². The van der Waals surface area contributed by atoms with Gasteiger partial charge in [-0.15, -0.1) is 0 Å². The van der Waals surface area contributed by atoms with E-state index in [-0.39, 0.29) is 5.91 Å². The second-order valence-corrected chi connectivity index (χ2v) is 5.21. The highest BCUT2D eigenvalue weighted by Crippen LogP contribution is 2.26. The van der Waals surface area contributed by atoms with Crippen LogP contribution in [0.1, 0.15) is 37.7 Å². The molecule has 1 amide bonds. The quantitative estimate of drug-likeness (QED) is 0.872. The van der Waals surface area contributed by atoms with Crippen molar-refractivity contribution in [2.75, 3.05) is 7.11 Å². The van der Waals surface area contributed by atoms with E-state index in [4.69, 9.17) is 10.5 Å². The zero-order valence-electron chi connectivity index (χ0n) is 11.4. The number of hydrogen-bond acceptors (Lipinski definition) is 3. The van der Waals surface area contributed by atoms with Crippen LogP contribution in [0.4, 0.5) is 0 Å². The lowest BCUT2D eigenvalue weighted by Gasteiger charge is -2.31. The third-order valence-electron chi connectivity index (χ3n) is 3.83. The highest BCUT2D eigenvalue weighted by atomic mass is 16.5. The van der Waals surface area contributed by atoms with Crippen molar-refractivity contribution in [3.05, 3.63) is 29.8 Å². The molecule has 0 saturated heterocycles. The first-order chi connectivity index (χ1) is 9.15. The van der Waals surface area contributed by atoms with Crippen molar-refractivity contribution < 1.29 is 9.53 Å². The van der Waals surface area contributed by atoms with Crippen LogP contribution in [0.3, 0.4) is 0 Å². The number of methoxy groups -OCH3 is 1. The molecule has 0 unspecified atom stereocenters. The molecule has 0 aromatic heterocycles. The predicted molar refractivity (Wildman–Crippen MR) is 74.8 cm³/mol. The lowest BCUT2D eigenvalue weighted by Crippen LogP contribution is -2.54. The van der Waals surface area contributed by atoms with E-state index in [1.165, 1.54) is 6.42 Å². The number of hydrogen-bond donors (Lipinski definition) is 2. The van der Waals surface area contributed by atoms with Crippen LogP contribution >= 0.6 is 0 Å². The van der Waals surface area contributed by atoms with Gasteiger partial charge in [0.05, 0.1) is 12.6 Å². The molecule has 1 fully saturated rings. The molecule has 3 N–H and O–H groups in total. The second-order valence-electron chi connectivity index (χ2n) is 5.21. The van der Waals surface area contributed by atoms with E-state index in [1.54, 1.807) is 7.11 Å². The standard InChI is InChI=1S/C15H22N2O2/c1-19-13-8-4-3-7-12(13)11-17-14(18)15(16)9-5-2-6-10-15/h3-4,7-8H,2,5-6,9-11,16H2,1H3,(H,17,18). The topological polar surface area (TPSA) is 64.3 Å². The van der Waals surface area contributed by atoms with Crippen LogP contribution < -0.4 is 15.8 Å². The first-order valence-electron chi connectivity index (χ1n) is 6.85. The minimum atomic E-state index is -0.680. The van der Waals surface area contributed by atoms with Gasteiger partial charge in [0.1, 0.15) is 5.75 Å². The molecule has 1 aliphatic rings. The molecule has 1 aromatic rings. The first-order valence-corrected chi connectivity index (χ1v) is 6.85. The minimum Gasteiger partial charge on any atom is -0.496 e. The van der Waals surface area contributed by atoms with Crippen molar-refractivity contribution in [3.63, 3.8) is 0 Å². The van der Waals surface area contributed by atoms with E-state index >= 15 is 0 Å². The van der Waals surface area contributed by atoms with Crippen LogP contribution in [0.5, 0.6) is 5.75 Å². The van der Waals surface area contributed by atoms with Crippen molar-refractivity contribution in [2.45, 2.75) is 44.2 Å². The third-order valence-corrected chi connectivity index (χ3v) is 3.83. The van der Waals surface area contributed by atoms with Crippen LogP contribution in [0.2, 0.25) is 0 Å². The fourth-order valence-electron chi connectivity index (χ4n) is 2.61. The third kappa shape index (κ3) is 3.26.